The maximum absolute atomic E-state index is 2.50. The molecule has 0 N–H and O–H groups in total. The smallest absolute Gasteiger partial charge is 0.0337 e. The second kappa shape index (κ2) is 12.4. The zero-order valence-corrected chi connectivity index (χ0v) is 18.8. The Kier molecular flexibility index (Phi) is 11.0. The number of benzene rings is 1. The Balaban J connectivity index is 2.90. The molecule has 0 heterocycles. The molecule has 1 aromatic carbocycles. The van der Waals surface area contributed by atoms with Gasteiger partial charge in [-0.05, 0) is 38.2 Å². The number of aryl methyl sites for hydroxylation is 1. The van der Waals surface area contributed by atoms with Crippen LogP contribution >= 0.6 is 11.8 Å². The van der Waals surface area contributed by atoms with Gasteiger partial charge in [-0.25, -0.2) is 0 Å². The number of hydrogen-bond donors (Lipinski definition) is 0. The molecule has 0 radical (unpaired) electrons. The average Bonchev–Trinajstić information content (AvgIpc) is 2.58. The van der Waals surface area contributed by atoms with Crippen LogP contribution in [0.5, 0.6) is 0 Å². The van der Waals surface area contributed by atoms with Crippen molar-refractivity contribution in [3.8, 4) is 0 Å². The molecule has 0 aliphatic rings. The fourth-order valence-corrected chi connectivity index (χ4v) is 4.42. The third kappa shape index (κ3) is 10.3. The normalized spacial score (nSPS) is 14.2. The molecule has 0 bridgehead atoms. The van der Waals surface area contributed by atoms with Crippen molar-refractivity contribution < 1.29 is 0 Å². The van der Waals surface area contributed by atoms with Crippen molar-refractivity contribution in [2.75, 3.05) is 0 Å². The van der Waals surface area contributed by atoms with Crippen molar-refractivity contribution in [1.82, 2.24) is 0 Å². The Morgan fingerprint density at radius 2 is 1.88 bits per heavy atom. The second-order valence-electron chi connectivity index (χ2n) is 8.27. The van der Waals surface area contributed by atoms with Gasteiger partial charge in [0.15, 0.2) is 0 Å². The van der Waals surface area contributed by atoms with Crippen molar-refractivity contribution in [1.29, 1.82) is 0 Å². The molecule has 0 saturated heterocycles. The summed E-state index contributed by atoms with van der Waals surface area (Å²) in [6.07, 6.45) is 16.0. The Morgan fingerprint density at radius 3 is 2.50 bits per heavy atom. The van der Waals surface area contributed by atoms with Gasteiger partial charge in [-0.15, -0.1) is 11.8 Å². The van der Waals surface area contributed by atoms with Crippen LogP contribution in [0.3, 0.4) is 0 Å². The van der Waals surface area contributed by atoms with Gasteiger partial charge in [0.25, 0.3) is 0 Å². The summed E-state index contributed by atoms with van der Waals surface area (Å²) in [7, 11) is 0. The zero-order valence-electron chi connectivity index (χ0n) is 18.0. The highest BCUT2D eigenvalue weighted by atomic mass is 32.2. The van der Waals surface area contributed by atoms with E-state index in [0.717, 1.165) is 12.8 Å². The molecule has 0 aliphatic heterocycles. The van der Waals surface area contributed by atoms with E-state index in [2.05, 4.69) is 95.8 Å². The Bertz CT molecular complexity index is 560. The summed E-state index contributed by atoms with van der Waals surface area (Å²) >= 11 is 2.09. The van der Waals surface area contributed by atoms with E-state index in [1.54, 1.807) is 0 Å². The van der Waals surface area contributed by atoms with Gasteiger partial charge in [-0.3, -0.25) is 0 Å². The van der Waals surface area contributed by atoms with Crippen LogP contribution in [-0.4, -0.2) is 4.75 Å². The third-order valence-electron chi connectivity index (χ3n) is 4.39. The first-order valence-electron chi connectivity index (χ1n) is 10.5. The van der Waals surface area contributed by atoms with Crippen LogP contribution in [0.2, 0.25) is 0 Å². The van der Waals surface area contributed by atoms with Crippen LogP contribution in [-0.2, 0) is 0 Å². The first-order valence-corrected chi connectivity index (χ1v) is 11.3. The quantitative estimate of drug-likeness (QED) is 0.276. The minimum atomic E-state index is 0.267. The third-order valence-corrected chi connectivity index (χ3v) is 5.85. The lowest BCUT2D eigenvalue weighted by Gasteiger charge is -2.26. The van der Waals surface area contributed by atoms with Crippen LogP contribution in [0.15, 0.2) is 48.1 Å². The van der Waals surface area contributed by atoms with Crippen molar-refractivity contribution >= 4 is 11.8 Å². The second-order valence-corrected chi connectivity index (χ2v) is 10.3. The highest BCUT2D eigenvalue weighted by Crippen LogP contribution is 2.41. The molecular weight excluding hydrogens is 332 g/mol. The maximum Gasteiger partial charge on any atom is 0.0337 e. The molecule has 1 atom stereocenters. The highest BCUT2D eigenvalue weighted by Gasteiger charge is 2.20. The topological polar surface area (TPSA) is 0 Å². The lowest BCUT2D eigenvalue weighted by atomic mass is 10.0. The minimum Gasteiger partial charge on any atom is -0.147 e. The fourth-order valence-electron chi connectivity index (χ4n) is 3.09. The monoisotopic (exact) mass is 372 g/mol. The van der Waals surface area contributed by atoms with Gasteiger partial charge in [0.1, 0.15) is 0 Å². The molecule has 0 aliphatic carbocycles. The Labute approximate surface area is 167 Å². The van der Waals surface area contributed by atoms with E-state index < -0.39 is 0 Å². The number of hydrogen-bond acceptors (Lipinski definition) is 1. The summed E-state index contributed by atoms with van der Waals surface area (Å²) in [5.41, 5.74) is 4.35. The standard InChI is InChI=1S/C25H40S/c1-7-9-11-12-16-22(15-10-8-2)18-19-24(26-25(4,5)6)23-17-13-14-21(3)20-23/h10,13-15,17-18,20,24H,7-9,11-12,16,19H2,1-6H3/b15-10-,22-18+. The van der Waals surface area contributed by atoms with E-state index in [4.69, 9.17) is 0 Å². The molecule has 1 rings (SSSR count). The van der Waals surface area contributed by atoms with E-state index in [0.29, 0.717) is 5.25 Å². The van der Waals surface area contributed by atoms with Gasteiger partial charge in [-0.2, -0.15) is 0 Å². The van der Waals surface area contributed by atoms with Crippen LogP contribution < -0.4 is 0 Å². The summed E-state index contributed by atoms with van der Waals surface area (Å²) in [6.45, 7) is 13.7. The Hall–Kier alpha value is -0.950. The minimum absolute atomic E-state index is 0.267. The molecule has 0 saturated carbocycles. The van der Waals surface area contributed by atoms with Gasteiger partial charge in [0, 0.05) is 10.00 Å². The molecule has 0 spiro atoms. The molecule has 26 heavy (non-hydrogen) atoms. The molecule has 1 unspecified atom stereocenters. The Morgan fingerprint density at radius 1 is 1.12 bits per heavy atom. The van der Waals surface area contributed by atoms with Crippen LogP contribution in [0.1, 0.15) is 95.9 Å². The summed E-state index contributed by atoms with van der Waals surface area (Å²) < 4.78 is 0.267. The van der Waals surface area contributed by atoms with Crippen molar-refractivity contribution in [3.05, 3.63) is 59.2 Å². The fraction of sp³-hybridized carbons (Fsp3) is 0.600. The molecule has 1 heteroatoms. The molecule has 0 fully saturated rings. The van der Waals surface area contributed by atoms with E-state index in [9.17, 15) is 0 Å². The number of rotatable bonds is 11. The summed E-state index contributed by atoms with van der Waals surface area (Å²) in [5.74, 6) is 0. The van der Waals surface area contributed by atoms with Crippen molar-refractivity contribution in [2.24, 2.45) is 0 Å². The van der Waals surface area contributed by atoms with E-state index in [-0.39, 0.29) is 4.75 Å². The molecular formula is C25H40S. The lowest BCUT2D eigenvalue weighted by Crippen LogP contribution is -2.11. The first-order chi connectivity index (χ1) is 12.4. The predicted molar refractivity (Wildman–Crippen MR) is 122 cm³/mol. The average molecular weight is 373 g/mol. The van der Waals surface area contributed by atoms with Gasteiger partial charge >= 0.3 is 0 Å². The highest BCUT2D eigenvalue weighted by molar-refractivity contribution is 8.00. The number of thioether (sulfide) groups is 1. The van der Waals surface area contributed by atoms with Crippen LogP contribution in [0.25, 0.3) is 0 Å². The van der Waals surface area contributed by atoms with Gasteiger partial charge < -0.3 is 0 Å². The van der Waals surface area contributed by atoms with Gasteiger partial charge in [0.2, 0.25) is 0 Å². The van der Waals surface area contributed by atoms with Crippen LogP contribution in [0.4, 0.5) is 0 Å². The summed E-state index contributed by atoms with van der Waals surface area (Å²) in [4.78, 5) is 0. The maximum atomic E-state index is 2.50. The van der Waals surface area contributed by atoms with Crippen molar-refractivity contribution in [2.45, 2.75) is 96.5 Å². The zero-order chi connectivity index (χ0) is 19.4. The van der Waals surface area contributed by atoms with Gasteiger partial charge in [-0.1, -0.05) is 108 Å². The van der Waals surface area contributed by atoms with Crippen LogP contribution in [0, 0.1) is 6.92 Å². The van der Waals surface area contributed by atoms with E-state index >= 15 is 0 Å². The largest absolute Gasteiger partial charge is 0.147 e. The summed E-state index contributed by atoms with van der Waals surface area (Å²) in [6, 6.07) is 9.06. The van der Waals surface area contributed by atoms with E-state index in [1.165, 1.54) is 48.8 Å². The SMILES string of the molecule is CC/C=C\C(=C/CC(SC(C)(C)C)c1cccc(C)c1)CCCCCC. The molecule has 0 amide bonds. The van der Waals surface area contributed by atoms with Gasteiger partial charge in [0.05, 0.1) is 0 Å². The lowest BCUT2D eigenvalue weighted by molar-refractivity contribution is 0.666. The number of unbranched alkanes of at least 4 members (excludes halogenated alkanes) is 3. The summed E-state index contributed by atoms with van der Waals surface area (Å²) in [5, 5.41) is 0.524. The van der Waals surface area contributed by atoms with Crippen molar-refractivity contribution in [3.63, 3.8) is 0 Å². The predicted octanol–water partition coefficient (Wildman–Crippen LogP) is 8.82. The van der Waals surface area contributed by atoms with E-state index in [1.807, 2.05) is 0 Å². The number of allylic oxidation sites excluding steroid dienone is 4. The molecule has 1 aromatic rings. The molecule has 0 aromatic heterocycles. The molecule has 146 valence electrons. The molecule has 0 nitrogen and oxygen atoms in total. The first kappa shape index (κ1) is 23.1.